The van der Waals surface area contributed by atoms with Gasteiger partial charge in [0.25, 0.3) is 0 Å². The molecule has 3 N–H and O–H groups in total. The number of rotatable bonds is 7. The Kier molecular flexibility index (Phi) is 5.57. The molecule has 0 aliphatic carbocycles. The lowest BCUT2D eigenvalue weighted by Crippen LogP contribution is -2.23. The molecule has 1 amide bonds. The molecule has 0 aliphatic heterocycles. The van der Waals surface area contributed by atoms with E-state index in [9.17, 15) is 9.59 Å². The lowest BCUT2D eigenvalue weighted by molar-refractivity contribution is -0.115. The number of furan rings is 1. The minimum atomic E-state index is -0.450. The maximum Gasteiger partial charge on any atom is 0.323 e. The lowest BCUT2D eigenvalue weighted by atomic mass is 10.2. The zero-order valence-corrected chi connectivity index (χ0v) is 18.4. The molecule has 33 heavy (non-hydrogen) atoms. The van der Waals surface area contributed by atoms with Crippen LogP contribution in [0.1, 0.15) is 12.5 Å². The SMILES string of the molecule is CC(Sc1nnc(-c2ccco2)n1Cc1ccccc1)C(=O)Nc1ccc2[nH]c(=O)[nH]c2c1. The van der Waals surface area contributed by atoms with Crippen molar-refractivity contribution in [3.63, 3.8) is 0 Å². The molecule has 10 heteroatoms. The number of nitrogens with zero attached hydrogens (tertiary/aromatic N) is 3. The van der Waals surface area contributed by atoms with E-state index in [-0.39, 0.29) is 11.6 Å². The average Bonchev–Trinajstić information content (AvgIpc) is 3.54. The zero-order valence-electron chi connectivity index (χ0n) is 17.6. The highest BCUT2D eigenvalue weighted by atomic mass is 32.2. The van der Waals surface area contributed by atoms with Crippen molar-refractivity contribution in [2.45, 2.75) is 23.9 Å². The smallest absolute Gasteiger partial charge is 0.323 e. The summed E-state index contributed by atoms with van der Waals surface area (Å²) in [7, 11) is 0. The van der Waals surface area contributed by atoms with E-state index in [2.05, 4.69) is 25.5 Å². The van der Waals surface area contributed by atoms with Gasteiger partial charge in [-0.15, -0.1) is 10.2 Å². The summed E-state index contributed by atoms with van der Waals surface area (Å²) in [5.41, 5.74) is 2.70. The minimum Gasteiger partial charge on any atom is -0.461 e. The Morgan fingerprint density at radius 2 is 1.91 bits per heavy atom. The highest BCUT2D eigenvalue weighted by Gasteiger charge is 2.22. The Labute approximate surface area is 192 Å². The summed E-state index contributed by atoms with van der Waals surface area (Å²) in [4.78, 5) is 29.7. The van der Waals surface area contributed by atoms with Crippen LogP contribution in [-0.4, -0.2) is 35.9 Å². The van der Waals surface area contributed by atoms with Crippen LogP contribution in [0.25, 0.3) is 22.6 Å². The number of amides is 1. The summed E-state index contributed by atoms with van der Waals surface area (Å²) >= 11 is 1.31. The molecule has 3 aromatic heterocycles. The molecule has 0 bridgehead atoms. The molecule has 0 spiro atoms. The van der Waals surface area contributed by atoms with Crippen molar-refractivity contribution < 1.29 is 9.21 Å². The Morgan fingerprint density at radius 3 is 2.70 bits per heavy atom. The molecule has 0 radical (unpaired) electrons. The number of aromatic amines is 2. The van der Waals surface area contributed by atoms with Gasteiger partial charge in [-0.25, -0.2) is 4.79 Å². The Morgan fingerprint density at radius 1 is 1.09 bits per heavy atom. The van der Waals surface area contributed by atoms with Crippen molar-refractivity contribution in [1.82, 2.24) is 24.7 Å². The molecular weight excluding hydrogens is 440 g/mol. The van der Waals surface area contributed by atoms with E-state index < -0.39 is 5.25 Å². The summed E-state index contributed by atoms with van der Waals surface area (Å²) in [6.07, 6.45) is 1.59. The molecule has 1 atom stereocenters. The Hall–Kier alpha value is -4.05. The first-order valence-corrected chi connectivity index (χ1v) is 11.2. The quantitative estimate of drug-likeness (QED) is 0.317. The van der Waals surface area contributed by atoms with Crippen LogP contribution in [0.3, 0.4) is 0 Å². The molecule has 0 saturated carbocycles. The highest BCUT2D eigenvalue weighted by Crippen LogP contribution is 2.28. The second-order valence-corrected chi connectivity index (χ2v) is 8.75. The van der Waals surface area contributed by atoms with Crippen LogP contribution < -0.4 is 11.0 Å². The number of anilines is 1. The molecule has 5 rings (SSSR count). The largest absolute Gasteiger partial charge is 0.461 e. The summed E-state index contributed by atoms with van der Waals surface area (Å²) in [5.74, 6) is 1.02. The third-order valence-corrected chi connectivity index (χ3v) is 6.16. The Balaban J connectivity index is 1.37. The maximum absolute atomic E-state index is 12.9. The van der Waals surface area contributed by atoms with Crippen molar-refractivity contribution in [2.75, 3.05) is 5.32 Å². The fourth-order valence-electron chi connectivity index (χ4n) is 3.44. The van der Waals surface area contributed by atoms with Gasteiger partial charge in [0.2, 0.25) is 11.7 Å². The van der Waals surface area contributed by atoms with Crippen LogP contribution in [-0.2, 0) is 11.3 Å². The molecule has 0 aliphatic rings. The van der Waals surface area contributed by atoms with Crippen LogP contribution in [0.15, 0.2) is 81.3 Å². The standard InChI is InChI=1S/C23H20N6O3S/c1-14(21(30)24-16-9-10-17-18(12-16)26-22(31)25-17)33-23-28-27-20(19-8-5-11-32-19)29(23)13-15-6-3-2-4-7-15/h2-12,14H,13H2,1H3,(H,24,30)(H2,25,26,31). The number of fused-ring (bicyclic) bond motifs is 1. The fraction of sp³-hybridized carbons (Fsp3) is 0.130. The number of imidazole rings is 1. The normalized spacial score (nSPS) is 12.2. The van der Waals surface area contributed by atoms with Crippen molar-refractivity contribution >= 4 is 34.4 Å². The number of thioether (sulfide) groups is 1. The first-order chi connectivity index (χ1) is 16.1. The van der Waals surface area contributed by atoms with Crippen LogP contribution in [0, 0.1) is 0 Å². The molecule has 3 heterocycles. The average molecular weight is 461 g/mol. The number of benzene rings is 2. The summed E-state index contributed by atoms with van der Waals surface area (Å²) in [6.45, 7) is 2.35. The van der Waals surface area contributed by atoms with Crippen LogP contribution in [0.4, 0.5) is 5.69 Å². The summed E-state index contributed by atoms with van der Waals surface area (Å²) < 4.78 is 7.48. The van der Waals surface area contributed by atoms with Crippen molar-refractivity contribution in [3.05, 3.63) is 83.0 Å². The second kappa shape index (κ2) is 8.83. The maximum atomic E-state index is 12.9. The van der Waals surface area contributed by atoms with Gasteiger partial charge >= 0.3 is 5.69 Å². The van der Waals surface area contributed by atoms with Gasteiger partial charge in [0, 0.05) is 5.69 Å². The first-order valence-electron chi connectivity index (χ1n) is 10.3. The van der Waals surface area contributed by atoms with Gasteiger partial charge in [-0.05, 0) is 42.8 Å². The van der Waals surface area contributed by atoms with E-state index >= 15 is 0 Å². The molecule has 5 aromatic rings. The first kappa shape index (κ1) is 20.8. The third-order valence-electron chi connectivity index (χ3n) is 5.08. The molecule has 2 aromatic carbocycles. The van der Waals surface area contributed by atoms with E-state index in [4.69, 9.17) is 4.42 Å². The number of hydrogen-bond donors (Lipinski definition) is 3. The highest BCUT2D eigenvalue weighted by molar-refractivity contribution is 8.00. The van der Waals surface area contributed by atoms with Gasteiger partial charge in [-0.1, -0.05) is 42.1 Å². The van der Waals surface area contributed by atoms with Gasteiger partial charge in [-0.2, -0.15) is 0 Å². The predicted octanol–water partition coefficient (Wildman–Crippen LogP) is 3.88. The van der Waals surface area contributed by atoms with Gasteiger partial charge in [-0.3, -0.25) is 9.36 Å². The number of carbonyl (C=O) groups is 1. The number of aromatic nitrogens is 5. The molecule has 1 unspecified atom stereocenters. The molecule has 0 fully saturated rings. The second-order valence-electron chi connectivity index (χ2n) is 7.44. The van der Waals surface area contributed by atoms with Crippen LogP contribution >= 0.6 is 11.8 Å². The van der Waals surface area contributed by atoms with Gasteiger partial charge in [0.1, 0.15) is 0 Å². The summed E-state index contributed by atoms with van der Waals surface area (Å²) in [5, 5.41) is 11.7. The van der Waals surface area contributed by atoms with Gasteiger partial charge in [0.15, 0.2) is 10.9 Å². The van der Waals surface area contributed by atoms with Gasteiger partial charge < -0.3 is 19.7 Å². The molecule has 9 nitrogen and oxygen atoms in total. The van der Waals surface area contributed by atoms with Crippen molar-refractivity contribution in [1.29, 1.82) is 0 Å². The number of carbonyl (C=O) groups excluding carboxylic acids is 1. The van der Waals surface area contributed by atoms with E-state index in [0.29, 0.717) is 40.0 Å². The Bertz CT molecular complexity index is 1450. The number of H-pyrrole nitrogens is 2. The van der Waals surface area contributed by atoms with Crippen LogP contribution in [0.2, 0.25) is 0 Å². The molecular formula is C23H20N6O3S. The zero-order chi connectivity index (χ0) is 22.8. The van der Waals surface area contributed by atoms with E-state index in [0.717, 1.165) is 5.56 Å². The van der Waals surface area contributed by atoms with Gasteiger partial charge in [0.05, 0.1) is 29.1 Å². The van der Waals surface area contributed by atoms with Crippen LogP contribution in [0.5, 0.6) is 0 Å². The predicted molar refractivity (Wildman–Crippen MR) is 126 cm³/mol. The number of hydrogen-bond acceptors (Lipinski definition) is 6. The minimum absolute atomic E-state index is 0.189. The van der Waals surface area contributed by atoms with E-state index in [1.165, 1.54) is 11.8 Å². The lowest BCUT2D eigenvalue weighted by Gasteiger charge is -2.13. The topological polar surface area (TPSA) is 122 Å². The van der Waals surface area contributed by atoms with Crippen molar-refractivity contribution in [3.8, 4) is 11.6 Å². The fourth-order valence-corrected chi connectivity index (χ4v) is 4.29. The van der Waals surface area contributed by atoms with E-state index in [1.807, 2.05) is 47.9 Å². The monoisotopic (exact) mass is 460 g/mol. The number of nitrogens with one attached hydrogen (secondary N) is 3. The van der Waals surface area contributed by atoms with Crippen molar-refractivity contribution in [2.24, 2.45) is 0 Å². The third kappa shape index (κ3) is 4.46. The molecule has 166 valence electrons. The molecule has 0 saturated heterocycles. The summed E-state index contributed by atoms with van der Waals surface area (Å²) in [6, 6.07) is 18.8. The van der Waals surface area contributed by atoms with E-state index in [1.54, 1.807) is 30.5 Å².